The van der Waals surface area contributed by atoms with E-state index in [0.29, 0.717) is 21.9 Å². The van der Waals surface area contributed by atoms with Gasteiger partial charge in [0, 0.05) is 10.9 Å². The smallest absolute Gasteiger partial charge is 0.159 e. The van der Waals surface area contributed by atoms with E-state index in [9.17, 15) is 14.0 Å². The molecule has 0 aliphatic carbocycles. The molecule has 0 unspecified atom stereocenters. The Labute approximate surface area is 136 Å². The molecule has 5 heteroatoms. The first-order valence-corrected chi connectivity index (χ1v) is 7.69. The molecule has 23 heavy (non-hydrogen) atoms. The number of nitriles is 1. The summed E-state index contributed by atoms with van der Waals surface area (Å²) in [5.41, 5.74) is 2.78. The van der Waals surface area contributed by atoms with Crippen LogP contribution in [-0.4, -0.2) is 4.98 Å². The molecule has 3 aromatic rings. The van der Waals surface area contributed by atoms with Gasteiger partial charge in [-0.1, -0.05) is 6.58 Å². The Hall–Kier alpha value is -2.58. The largest absolute Gasteiger partial charge is 0.241 e. The number of thiazole rings is 1. The highest BCUT2D eigenvalue weighted by Gasteiger charge is 2.14. The Morgan fingerprint density at radius 3 is 2.52 bits per heavy atom. The van der Waals surface area contributed by atoms with Crippen LogP contribution < -0.4 is 0 Å². The maximum Gasteiger partial charge on any atom is 0.159 e. The molecule has 0 saturated carbocycles. The molecule has 0 aliphatic rings. The van der Waals surface area contributed by atoms with E-state index in [2.05, 4.69) is 11.6 Å². The summed E-state index contributed by atoms with van der Waals surface area (Å²) in [5.74, 6) is -1.90. The summed E-state index contributed by atoms with van der Waals surface area (Å²) in [6, 6.07) is 7.58. The summed E-state index contributed by atoms with van der Waals surface area (Å²) >= 11 is 1.47. The van der Waals surface area contributed by atoms with Gasteiger partial charge in [0.15, 0.2) is 11.6 Å². The predicted molar refractivity (Wildman–Crippen MR) is 89.1 cm³/mol. The van der Waals surface area contributed by atoms with Crippen molar-refractivity contribution in [3.63, 3.8) is 0 Å². The first kappa shape index (κ1) is 15.3. The molecule has 0 saturated heterocycles. The standard InChI is InChI=1S/C18H12F2N2S/c1-9(2)17-10(3)22-18(23-17)12-4-11-6-15(19)16(20)7-14(11)13(5-12)8-21/h4-7H,1H2,2-3H3. The van der Waals surface area contributed by atoms with Crippen LogP contribution in [-0.2, 0) is 0 Å². The molecule has 2 aromatic carbocycles. The zero-order valence-corrected chi connectivity index (χ0v) is 13.4. The molecule has 114 valence electrons. The van der Waals surface area contributed by atoms with E-state index in [1.165, 1.54) is 11.3 Å². The molecular formula is C18H12F2N2S. The van der Waals surface area contributed by atoms with Gasteiger partial charge in [0.1, 0.15) is 5.01 Å². The highest BCUT2D eigenvalue weighted by molar-refractivity contribution is 7.16. The second-order valence-corrected chi connectivity index (χ2v) is 6.34. The Balaban J connectivity index is 2.27. The van der Waals surface area contributed by atoms with Crippen LogP contribution in [0.1, 0.15) is 23.1 Å². The van der Waals surface area contributed by atoms with E-state index in [0.717, 1.165) is 33.3 Å². The van der Waals surface area contributed by atoms with Crippen molar-refractivity contribution >= 4 is 27.7 Å². The number of hydrogen-bond acceptors (Lipinski definition) is 3. The van der Waals surface area contributed by atoms with Crippen molar-refractivity contribution in [3.8, 4) is 16.6 Å². The van der Waals surface area contributed by atoms with Crippen LogP contribution in [0.2, 0.25) is 0 Å². The molecular weight excluding hydrogens is 314 g/mol. The molecule has 0 radical (unpaired) electrons. The summed E-state index contributed by atoms with van der Waals surface area (Å²) in [5, 5.41) is 10.9. The highest BCUT2D eigenvalue weighted by Crippen LogP contribution is 2.34. The summed E-state index contributed by atoms with van der Waals surface area (Å²) < 4.78 is 26.9. The van der Waals surface area contributed by atoms with Gasteiger partial charge in [-0.2, -0.15) is 5.26 Å². The van der Waals surface area contributed by atoms with Crippen molar-refractivity contribution in [1.82, 2.24) is 4.98 Å². The lowest BCUT2D eigenvalue weighted by atomic mass is 10.0. The summed E-state index contributed by atoms with van der Waals surface area (Å²) in [6.07, 6.45) is 0. The number of halogens is 2. The van der Waals surface area contributed by atoms with E-state index < -0.39 is 11.6 Å². The predicted octanol–water partition coefficient (Wildman–Crippen LogP) is 5.45. The second kappa shape index (κ2) is 5.56. The number of aryl methyl sites for hydroxylation is 1. The molecule has 1 heterocycles. The third-order valence-corrected chi connectivity index (χ3v) is 4.91. The van der Waals surface area contributed by atoms with Crippen molar-refractivity contribution in [1.29, 1.82) is 5.26 Å². The minimum absolute atomic E-state index is 0.293. The number of allylic oxidation sites excluding steroid dienone is 1. The van der Waals surface area contributed by atoms with Crippen molar-refractivity contribution < 1.29 is 8.78 Å². The first-order valence-electron chi connectivity index (χ1n) is 6.87. The van der Waals surface area contributed by atoms with E-state index in [1.54, 1.807) is 12.1 Å². The summed E-state index contributed by atoms with van der Waals surface area (Å²) in [6.45, 7) is 7.73. The van der Waals surface area contributed by atoms with Gasteiger partial charge < -0.3 is 0 Å². The number of rotatable bonds is 2. The molecule has 0 fully saturated rings. The average molecular weight is 326 g/mol. The first-order chi connectivity index (χ1) is 10.9. The van der Waals surface area contributed by atoms with Crippen LogP contribution in [0.4, 0.5) is 8.78 Å². The number of hydrogen-bond donors (Lipinski definition) is 0. The van der Waals surface area contributed by atoms with Gasteiger partial charge in [0.25, 0.3) is 0 Å². The van der Waals surface area contributed by atoms with Gasteiger partial charge in [-0.05, 0) is 49.1 Å². The molecule has 0 amide bonds. The average Bonchev–Trinajstić information content (AvgIpc) is 2.89. The van der Waals surface area contributed by atoms with E-state index >= 15 is 0 Å². The van der Waals surface area contributed by atoms with E-state index in [4.69, 9.17) is 0 Å². The summed E-state index contributed by atoms with van der Waals surface area (Å²) in [4.78, 5) is 5.49. The Kier molecular flexibility index (Phi) is 3.70. The number of nitrogens with zero attached hydrogens (tertiary/aromatic N) is 2. The van der Waals surface area contributed by atoms with Crippen LogP contribution in [0.5, 0.6) is 0 Å². The van der Waals surface area contributed by atoms with Crippen LogP contribution in [0.25, 0.3) is 26.9 Å². The van der Waals surface area contributed by atoms with Gasteiger partial charge in [-0.15, -0.1) is 11.3 Å². The molecule has 0 bridgehead atoms. The molecule has 0 aliphatic heterocycles. The lowest BCUT2D eigenvalue weighted by molar-refractivity contribution is 0.511. The fourth-order valence-corrected chi connectivity index (χ4v) is 3.47. The molecule has 2 nitrogen and oxygen atoms in total. The highest BCUT2D eigenvalue weighted by atomic mass is 32.1. The zero-order chi connectivity index (χ0) is 16.7. The van der Waals surface area contributed by atoms with E-state index in [-0.39, 0.29) is 0 Å². The molecule has 3 rings (SSSR count). The van der Waals surface area contributed by atoms with Gasteiger partial charge >= 0.3 is 0 Å². The normalized spacial score (nSPS) is 10.7. The lowest BCUT2D eigenvalue weighted by Gasteiger charge is -2.05. The fourth-order valence-electron chi connectivity index (χ4n) is 2.49. The number of aromatic nitrogens is 1. The second-order valence-electron chi connectivity index (χ2n) is 5.34. The van der Waals surface area contributed by atoms with Gasteiger partial charge in [-0.3, -0.25) is 0 Å². The molecule has 0 atom stereocenters. The van der Waals surface area contributed by atoms with Crippen LogP contribution in [0.15, 0.2) is 30.8 Å². The molecule has 0 N–H and O–H groups in total. The third kappa shape index (κ3) is 2.62. The maximum absolute atomic E-state index is 13.5. The number of benzene rings is 2. The van der Waals surface area contributed by atoms with Crippen molar-refractivity contribution in [2.45, 2.75) is 13.8 Å². The van der Waals surface area contributed by atoms with Gasteiger partial charge in [0.05, 0.1) is 22.2 Å². The minimum atomic E-state index is -0.962. The topological polar surface area (TPSA) is 36.7 Å². The van der Waals surface area contributed by atoms with Gasteiger partial charge in [-0.25, -0.2) is 13.8 Å². The quantitative estimate of drug-likeness (QED) is 0.627. The molecule has 0 spiro atoms. The minimum Gasteiger partial charge on any atom is -0.241 e. The number of fused-ring (bicyclic) bond motifs is 1. The maximum atomic E-state index is 13.5. The Morgan fingerprint density at radius 1 is 1.22 bits per heavy atom. The van der Waals surface area contributed by atoms with Crippen LogP contribution in [0.3, 0.4) is 0 Å². The Morgan fingerprint density at radius 2 is 1.91 bits per heavy atom. The van der Waals surface area contributed by atoms with Crippen molar-refractivity contribution in [2.75, 3.05) is 0 Å². The fraction of sp³-hybridized carbons (Fsp3) is 0.111. The Bertz CT molecular complexity index is 996. The van der Waals surface area contributed by atoms with Crippen LogP contribution >= 0.6 is 11.3 Å². The monoisotopic (exact) mass is 326 g/mol. The van der Waals surface area contributed by atoms with E-state index in [1.807, 2.05) is 19.9 Å². The third-order valence-electron chi connectivity index (χ3n) is 3.55. The molecule has 1 aromatic heterocycles. The van der Waals surface area contributed by atoms with Gasteiger partial charge in [0.2, 0.25) is 0 Å². The van der Waals surface area contributed by atoms with Crippen molar-refractivity contribution in [2.24, 2.45) is 0 Å². The summed E-state index contributed by atoms with van der Waals surface area (Å²) in [7, 11) is 0. The van der Waals surface area contributed by atoms with Crippen LogP contribution in [0, 0.1) is 29.9 Å². The zero-order valence-electron chi connectivity index (χ0n) is 12.6. The SMILES string of the molecule is C=C(C)c1sc(-c2cc(C#N)c3cc(F)c(F)cc3c2)nc1C. The lowest BCUT2D eigenvalue weighted by Crippen LogP contribution is -1.89. The van der Waals surface area contributed by atoms with Crippen molar-refractivity contribution in [3.05, 3.63) is 58.6 Å².